The number of imide groups is 1. The van der Waals surface area contributed by atoms with Gasteiger partial charge in [-0.05, 0) is 76.5 Å². The number of carbonyl (C=O) groups is 2. The van der Waals surface area contributed by atoms with Gasteiger partial charge in [-0.1, -0.05) is 0 Å². The van der Waals surface area contributed by atoms with E-state index in [-0.39, 0.29) is 30.1 Å². The Bertz CT molecular complexity index is 683. The van der Waals surface area contributed by atoms with Gasteiger partial charge in [0.15, 0.2) is 0 Å². The van der Waals surface area contributed by atoms with Gasteiger partial charge in [0.25, 0.3) is 11.8 Å². The maximum Gasteiger partial charge on any atom is 0.257 e. The second kappa shape index (κ2) is 6.74. The number of hydrogen-bond acceptors (Lipinski definition) is 5. The van der Waals surface area contributed by atoms with Crippen molar-refractivity contribution in [1.29, 1.82) is 0 Å². The van der Waals surface area contributed by atoms with E-state index in [0.717, 1.165) is 68.7 Å². The molecule has 2 amide bonds. The van der Waals surface area contributed by atoms with Crippen molar-refractivity contribution in [3.8, 4) is 0 Å². The standard InChI is InChI=1S/C21H29N3O3/c1-14-22(13-15-6-7-15)10-8-16-12-17(9-11-23(16)27-14)24-20(25)18-4-2-3-5-19(18)21(24)26/h8,10,14-17H,2-7,9,11-13H2,1H3/t14-,16?,17-/m0/s1. The van der Waals surface area contributed by atoms with E-state index >= 15 is 0 Å². The first-order valence-electron chi connectivity index (χ1n) is 10.6. The first-order chi connectivity index (χ1) is 13.1. The van der Waals surface area contributed by atoms with Crippen LogP contribution in [-0.2, 0) is 14.4 Å². The average molecular weight is 371 g/mol. The number of amides is 2. The Morgan fingerprint density at radius 1 is 1.07 bits per heavy atom. The molecule has 1 saturated heterocycles. The van der Waals surface area contributed by atoms with E-state index in [1.807, 2.05) is 0 Å². The molecular formula is C21H29N3O3. The topological polar surface area (TPSA) is 53.1 Å². The third-order valence-electron chi connectivity index (χ3n) is 6.77. The highest BCUT2D eigenvalue weighted by atomic mass is 16.7. The van der Waals surface area contributed by atoms with Gasteiger partial charge in [0.1, 0.15) is 6.23 Å². The molecule has 1 saturated carbocycles. The summed E-state index contributed by atoms with van der Waals surface area (Å²) >= 11 is 0. The maximum atomic E-state index is 12.9. The van der Waals surface area contributed by atoms with E-state index in [9.17, 15) is 9.59 Å². The molecule has 3 aliphatic heterocycles. The molecule has 0 radical (unpaired) electrons. The smallest absolute Gasteiger partial charge is 0.257 e. The normalized spacial score (nSPS) is 34.8. The molecule has 3 heterocycles. The van der Waals surface area contributed by atoms with Crippen molar-refractivity contribution in [3.63, 3.8) is 0 Å². The minimum absolute atomic E-state index is 0.0182. The molecule has 0 spiro atoms. The Kier molecular flexibility index (Phi) is 4.36. The summed E-state index contributed by atoms with van der Waals surface area (Å²) < 4.78 is 0. The zero-order valence-electron chi connectivity index (χ0n) is 16.1. The van der Waals surface area contributed by atoms with Gasteiger partial charge in [-0.25, -0.2) is 0 Å². The first-order valence-corrected chi connectivity index (χ1v) is 10.6. The number of carbonyl (C=O) groups excluding carboxylic acids is 2. The van der Waals surface area contributed by atoms with Crippen molar-refractivity contribution in [2.75, 3.05) is 13.1 Å². The third-order valence-corrected chi connectivity index (χ3v) is 6.77. The summed E-state index contributed by atoms with van der Waals surface area (Å²) in [4.78, 5) is 35.9. The Hall–Kier alpha value is -1.66. The van der Waals surface area contributed by atoms with Crippen LogP contribution in [0.3, 0.4) is 0 Å². The molecule has 27 heavy (non-hydrogen) atoms. The van der Waals surface area contributed by atoms with Crippen LogP contribution in [0, 0.1) is 5.92 Å². The van der Waals surface area contributed by atoms with Gasteiger partial charge in [-0.15, -0.1) is 0 Å². The molecule has 5 rings (SSSR count). The molecule has 6 heteroatoms. The van der Waals surface area contributed by atoms with E-state index in [0.29, 0.717) is 0 Å². The monoisotopic (exact) mass is 371 g/mol. The van der Waals surface area contributed by atoms with Crippen LogP contribution in [0.4, 0.5) is 0 Å². The van der Waals surface area contributed by atoms with Crippen LogP contribution in [0.25, 0.3) is 0 Å². The maximum absolute atomic E-state index is 12.9. The average Bonchev–Trinajstić information content (AvgIpc) is 3.47. The number of nitrogens with zero attached hydrogens (tertiary/aromatic N) is 3. The Balaban J connectivity index is 1.30. The molecule has 0 aromatic carbocycles. The molecule has 0 aromatic heterocycles. The number of piperidine rings is 1. The largest absolute Gasteiger partial charge is 0.351 e. The van der Waals surface area contributed by atoms with Gasteiger partial charge >= 0.3 is 0 Å². The predicted molar refractivity (Wildman–Crippen MR) is 100.0 cm³/mol. The van der Waals surface area contributed by atoms with Gasteiger partial charge in [0.2, 0.25) is 0 Å². The number of rotatable bonds is 3. The van der Waals surface area contributed by atoms with E-state index in [1.54, 1.807) is 4.90 Å². The van der Waals surface area contributed by atoms with Crippen molar-refractivity contribution >= 4 is 11.8 Å². The molecule has 0 bridgehead atoms. The number of hydrogen-bond donors (Lipinski definition) is 0. The summed E-state index contributed by atoms with van der Waals surface area (Å²) in [6, 6.07) is 0.101. The Labute approximate surface area is 160 Å². The second-order valence-electron chi connectivity index (χ2n) is 8.72. The first kappa shape index (κ1) is 17.4. The summed E-state index contributed by atoms with van der Waals surface area (Å²) in [6.07, 6.45) is 12.2. The summed E-state index contributed by atoms with van der Waals surface area (Å²) in [5.74, 6) is 0.770. The third kappa shape index (κ3) is 3.13. The van der Waals surface area contributed by atoms with Crippen molar-refractivity contribution in [2.24, 2.45) is 5.92 Å². The van der Waals surface area contributed by atoms with Gasteiger partial charge in [0.05, 0.1) is 6.04 Å². The lowest BCUT2D eigenvalue weighted by Gasteiger charge is -2.40. The highest BCUT2D eigenvalue weighted by Gasteiger charge is 2.45. The highest BCUT2D eigenvalue weighted by Crippen LogP contribution is 2.37. The molecule has 2 fully saturated rings. The highest BCUT2D eigenvalue weighted by molar-refractivity contribution is 6.19. The van der Waals surface area contributed by atoms with Crippen LogP contribution >= 0.6 is 0 Å². The molecule has 3 atom stereocenters. The van der Waals surface area contributed by atoms with E-state index < -0.39 is 0 Å². The van der Waals surface area contributed by atoms with E-state index in [4.69, 9.17) is 4.84 Å². The van der Waals surface area contributed by atoms with Crippen molar-refractivity contribution in [3.05, 3.63) is 23.4 Å². The Morgan fingerprint density at radius 2 is 1.78 bits per heavy atom. The van der Waals surface area contributed by atoms with Crippen LogP contribution in [0.15, 0.2) is 23.4 Å². The van der Waals surface area contributed by atoms with Gasteiger partial charge in [-0.3, -0.25) is 19.3 Å². The van der Waals surface area contributed by atoms with Crippen molar-refractivity contribution < 1.29 is 14.4 Å². The fraction of sp³-hybridized carbons (Fsp3) is 0.714. The summed E-state index contributed by atoms with van der Waals surface area (Å²) in [7, 11) is 0. The minimum Gasteiger partial charge on any atom is -0.351 e. The molecule has 0 aromatic rings. The molecule has 1 unspecified atom stereocenters. The summed E-state index contributed by atoms with van der Waals surface area (Å²) in [6.45, 7) is 3.91. The van der Waals surface area contributed by atoms with E-state index in [2.05, 4.69) is 29.2 Å². The fourth-order valence-electron chi connectivity index (χ4n) is 4.98. The second-order valence-corrected chi connectivity index (χ2v) is 8.72. The Morgan fingerprint density at radius 3 is 2.44 bits per heavy atom. The zero-order chi connectivity index (χ0) is 18.5. The number of hydroxylamine groups is 2. The summed E-state index contributed by atoms with van der Waals surface area (Å²) in [5, 5.41) is 2.06. The van der Waals surface area contributed by atoms with Gasteiger partial charge in [-0.2, -0.15) is 5.06 Å². The van der Waals surface area contributed by atoms with E-state index in [1.165, 1.54) is 12.8 Å². The molecule has 146 valence electrons. The van der Waals surface area contributed by atoms with Crippen molar-refractivity contribution in [1.82, 2.24) is 14.9 Å². The van der Waals surface area contributed by atoms with Crippen LogP contribution in [0.5, 0.6) is 0 Å². The van der Waals surface area contributed by atoms with Crippen LogP contribution in [-0.4, -0.2) is 58.1 Å². The minimum atomic E-state index is -0.0182. The number of fused-ring (bicyclic) bond motifs is 1. The van der Waals surface area contributed by atoms with Crippen LogP contribution < -0.4 is 0 Å². The van der Waals surface area contributed by atoms with Gasteiger partial charge in [0, 0.05) is 30.3 Å². The zero-order valence-corrected chi connectivity index (χ0v) is 16.1. The lowest BCUT2D eigenvalue weighted by Crippen LogP contribution is -2.52. The molecule has 5 aliphatic rings. The lowest BCUT2D eigenvalue weighted by molar-refractivity contribution is -0.245. The van der Waals surface area contributed by atoms with Crippen molar-refractivity contribution in [2.45, 2.75) is 76.6 Å². The predicted octanol–water partition coefficient (Wildman–Crippen LogP) is 2.58. The summed E-state index contributed by atoms with van der Waals surface area (Å²) in [5.41, 5.74) is 1.59. The molecule has 2 aliphatic carbocycles. The molecular weight excluding hydrogens is 342 g/mol. The SMILES string of the molecule is C[C@@H]1ON2CC[C@H](N3C(=O)C4=C(CCCC4)C3=O)CC2C=CN1CC1CC1. The van der Waals surface area contributed by atoms with Gasteiger partial charge < -0.3 is 4.90 Å². The van der Waals surface area contributed by atoms with Crippen LogP contribution in [0.2, 0.25) is 0 Å². The molecule has 0 N–H and O–H groups in total. The lowest BCUT2D eigenvalue weighted by atomic mass is 9.93. The van der Waals surface area contributed by atoms with Crippen LogP contribution in [0.1, 0.15) is 58.3 Å². The quantitative estimate of drug-likeness (QED) is 0.714. The fourth-order valence-corrected chi connectivity index (χ4v) is 4.98. The molecule has 6 nitrogen and oxygen atoms in total.